The number of nitrogens with two attached hydrogens (primary N) is 1. The Kier molecular flexibility index (Phi) is 5.42. The van der Waals surface area contributed by atoms with Gasteiger partial charge in [0.2, 0.25) is 5.91 Å². The smallest absolute Gasteiger partial charge is 0.255 e. The Labute approximate surface area is 173 Å². The molecule has 1 aromatic carbocycles. The number of pyridine rings is 1. The van der Waals surface area contributed by atoms with Gasteiger partial charge in [-0.15, -0.1) is 0 Å². The molecule has 0 bridgehead atoms. The molecule has 1 unspecified atom stereocenters. The van der Waals surface area contributed by atoms with Crippen molar-refractivity contribution in [2.75, 3.05) is 5.32 Å². The van der Waals surface area contributed by atoms with Crippen LogP contribution in [0.4, 0.5) is 5.69 Å². The van der Waals surface area contributed by atoms with Crippen LogP contribution in [0.15, 0.2) is 65.6 Å². The van der Waals surface area contributed by atoms with Gasteiger partial charge in [0.25, 0.3) is 5.91 Å². The predicted molar refractivity (Wildman–Crippen MR) is 114 cm³/mol. The van der Waals surface area contributed by atoms with Crippen LogP contribution in [-0.4, -0.2) is 16.8 Å². The van der Waals surface area contributed by atoms with E-state index in [1.807, 2.05) is 5.38 Å². The summed E-state index contributed by atoms with van der Waals surface area (Å²) in [6.07, 6.45) is 5.37. The number of aromatic nitrogens is 1. The summed E-state index contributed by atoms with van der Waals surface area (Å²) in [6.45, 7) is 0. The van der Waals surface area contributed by atoms with Gasteiger partial charge in [-0.1, -0.05) is 12.1 Å². The van der Waals surface area contributed by atoms with Crippen LogP contribution >= 0.6 is 11.3 Å². The zero-order valence-corrected chi connectivity index (χ0v) is 16.6. The third-order valence-electron chi connectivity index (χ3n) is 5.15. The van der Waals surface area contributed by atoms with Gasteiger partial charge in [0.15, 0.2) is 0 Å². The fourth-order valence-electron chi connectivity index (χ4n) is 3.30. The highest BCUT2D eigenvalue weighted by molar-refractivity contribution is 7.08. The lowest BCUT2D eigenvalue weighted by atomic mass is 10.0. The number of thiophene rings is 1. The lowest BCUT2D eigenvalue weighted by Crippen LogP contribution is -2.36. The van der Waals surface area contributed by atoms with Gasteiger partial charge in [0.1, 0.15) is 0 Å². The second kappa shape index (κ2) is 8.14. The Morgan fingerprint density at radius 3 is 2.45 bits per heavy atom. The quantitative estimate of drug-likeness (QED) is 0.559. The number of carbonyl (C=O) groups is 2. The fourth-order valence-corrected chi connectivity index (χ4v) is 4.06. The SMILES string of the molecule is NC(CC(=O)NC1(c2ccsc2)CC1)c1ccc(C(=O)Nc2ccncc2)cc1. The van der Waals surface area contributed by atoms with Crippen LogP contribution in [0.1, 0.15) is 46.8 Å². The van der Waals surface area contributed by atoms with Crippen molar-refractivity contribution in [1.29, 1.82) is 0 Å². The molecule has 4 N–H and O–H groups in total. The van der Waals surface area contributed by atoms with Gasteiger partial charge >= 0.3 is 0 Å². The number of benzene rings is 1. The molecular formula is C22H22N4O2S. The lowest BCUT2D eigenvalue weighted by molar-refractivity contribution is -0.122. The van der Waals surface area contributed by atoms with Crippen molar-refractivity contribution in [2.45, 2.75) is 30.8 Å². The van der Waals surface area contributed by atoms with E-state index >= 15 is 0 Å². The Morgan fingerprint density at radius 1 is 1.10 bits per heavy atom. The van der Waals surface area contributed by atoms with Crippen LogP contribution in [0.3, 0.4) is 0 Å². The first kappa shape index (κ1) is 19.3. The minimum Gasteiger partial charge on any atom is -0.346 e. The molecule has 3 aromatic rings. The molecule has 0 spiro atoms. The molecular weight excluding hydrogens is 384 g/mol. The minimum absolute atomic E-state index is 0.0549. The summed E-state index contributed by atoms with van der Waals surface area (Å²) in [5, 5.41) is 10.1. The summed E-state index contributed by atoms with van der Waals surface area (Å²) in [6, 6.07) is 12.1. The summed E-state index contributed by atoms with van der Waals surface area (Å²) in [4.78, 5) is 28.7. The highest BCUT2D eigenvalue weighted by atomic mass is 32.1. The van der Waals surface area contributed by atoms with Gasteiger partial charge in [0, 0.05) is 36.1 Å². The van der Waals surface area contributed by atoms with Gasteiger partial charge in [-0.3, -0.25) is 14.6 Å². The molecule has 2 heterocycles. The van der Waals surface area contributed by atoms with E-state index in [1.54, 1.807) is 60.1 Å². The van der Waals surface area contributed by atoms with Crippen LogP contribution in [0.5, 0.6) is 0 Å². The molecule has 2 aromatic heterocycles. The van der Waals surface area contributed by atoms with E-state index in [4.69, 9.17) is 5.73 Å². The summed E-state index contributed by atoms with van der Waals surface area (Å²) in [5.41, 5.74) is 9.24. The Balaban J connectivity index is 1.34. The van der Waals surface area contributed by atoms with Crippen LogP contribution in [0, 0.1) is 0 Å². The standard InChI is InChI=1S/C22H22N4O2S/c23-19(13-20(27)26-22(8-9-22)17-7-12-29-14-17)15-1-3-16(4-2-15)21(28)25-18-5-10-24-11-6-18/h1-7,10-12,14,19H,8-9,13,23H2,(H,26,27)(H,24,25,28). The molecule has 148 valence electrons. The maximum atomic E-state index is 12.5. The van der Waals surface area contributed by atoms with Crippen LogP contribution in [0.25, 0.3) is 0 Å². The fraction of sp³-hybridized carbons (Fsp3) is 0.227. The topological polar surface area (TPSA) is 97.1 Å². The maximum absolute atomic E-state index is 12.5. The normalized spacial score (nSPS) is 15.3. The molecule has 1 aliphatic carbocycles. The van der Waals surface area contributed by atoms with Gasteiger partial charge < -0.3 is 16.4 Å². The summed E-state index contributed by atoms with van der Waals surface area (Å²) in [5.74, 6) is -0.263. The molecule has 7 heteroatoms. The van der Waals surface area contributed by atoms with Crippen LogP contribution < -0.4 is 16.4 Å². The first-order chi connectivity index (χ1) is 14.1. The van der Waals surface area contributed by atoms with Crippen molar-refractivity contribution in [3.63, 3.8) is 0 Å². The molecule has 29 heavy (non-hydrogen) atoms. The molecule has 0 radical (unpaired) electrons. The highest BCUT2D eigenvalue weighted by Crippen LogP contribution is 2.46. The van der Waals surface area contributed by atoms with Crippen molar-refractivity contribution in [3.8, 4) is 0 Å². The van der Waals surface area contributed by atoms with Crippen molar-refractivity contribution < 1.29 is 9.59 Å². The number of anilines is 1. The summed E-state index contributed by atoms with van der Waals surface area (Å²) < 4.78 is 0. The Morgan fingerprint density at radius 2 is 1.83 bits per heavy atom. The van der Waals surface area contributed by atoms with E-state index in [-0.39, 0.29) is 23.8 Å². The maximum Gasteiger partial charge on any atom is 0.255 e. The van der Waals surface area contributed by atoms with Crippen molar-refractivity contribution in [1.82, 2.24) is 10.3 Å². The zero-order valence-electron chi connectivity index (χ0n) is 15.8. The Bertz CT molecular complexity index is 983. The molecule has 1 aliphatic rings. The van der Waals surface area contributed by atoms with Gasteiger partial charge in [0.05, 0.1) is 5.54 Å². The largest absolute Gasteiger partial charge is 0.346 e. The van der Waals surface area contributed by atoms with E-state index in [1.165, 1.54) is 5.56 Å². The second-order valence-corrected chi connectivity index (χ2v) is 8.04. The number of nitrogens with zero attached hydrogens (tertiary/aromatic N) is 1. The molecule has 1 saturated carbocycles. The molecule has 4 rings (SSSR count). The minimum atomic E-state index is -0.425. The van der Waals surface area contributed by atoms with Gasteiger partial charge in [-0.2, -0.15) is 11.3 Å². The average molecular weight is 407 g/mol. The van der Waals surface area contributed by atoms with E-state index < -0.39 is 6.04 Å². The Hall–Kier alpha value is -3.03. The highest BCUT2D eigenvalue weighted by Gasteiger charge is 2.45. The summed E-state index contributed by atoms with van der Waals surface area (Å²) in [7, 11) is 0. The molecule has 0 saturated heterocycles. The molecule has 1 fully saturated rings. The number of carbonyl (C=O) groups excluding carboxylic acids is 2. The van der Waals surface area contributed by atoms with E-state index in [2.05, 4.69) is 27.1 Å². The molecule has 1 atom stereocenters. The zero-order chi connectivity index (χ0) is 20.3. The van der Waals surface area contributed by atoms with Gasteiger partial charge in [-0.05, 0) is 65.1 Å². The number of rotatable bonds is 7. The van der Waals surface area contributed by atoms with Crippen LogP contribution in [-0.2, 0) is 10.3 Å². The van der Waals surface area contributed by atoms with Crippen molar-refractivity contribution >= 4 is 28.8 Å². The number of amides is 2. The number of hydrogen-bond donors (Lipinski definition) is 3. The van der Waals surface area contributed by atoms with Gasteiger partial charge in [-0.25, -0.2) is 0 Å². The average Bonchev–Trinajstić information content (AvgIpc) is 3.28. The predicted octanol–water partition coefficient (Wildman–Crippen LogP) is 3.59. The molecule has 6 nitrogen and oxygen atoms in total. The third kappa shape index (κ3) is 4.52. The van der Waals surface area contributed by atoms with E-state index in [0.717, 1.165) is 18.4 Å². The van der Waals surface area contributed by atoms with E-state index in [0.29, 0.717) is 11.3 Å². The third-order valence-corrected chi connectivity index (χ3v) is 5.83. The molecule has 0 aliphatic heterocycles. The number of hydrogen-bond acceptors (Lipinski definition) is 5. The van der Waals surface area contributed by atoms with Crippen molar-refractivity contribution in [2.24, 2.45) is 5.73 Å². The molecule has 2 amide bonds. The first-order valence-electron chi connectivity index (χ1n) is 9.46. The first-order valence-corrected chi connectivity index (χ1v) is 10.4. The second-order valence-electron chi connectivity index (χ2n) is 7.26. The number of nitrogens with one attached hydrogen (secondary N) is 2. The lowest BCUT2D eigenvalue weighted by Gasteiger charge is -2.18. The van der Waals surface area contributed by atoms with Crippen molar-refractivity contribution in [3.05, 3.63) is 82.3 Å². The monoisotopic (exact) mass is 406 g/mol. The summed E-state index contributed by atoms with van der Waals surface area (Å²) >= 11 is 1.64. The van der Waals surface area contributed by atoms with Crippen LogP contribution in [0.2, 0.25) is 0 Å². The van der Waals surface area contributed by atoms with E-state index in [9.17, 15) is 9.59 Å².